The molecule has 3 aromatic carbocycles. The molecular weight excluding hydrogens is 574 g/mol. The zero-order valence-corrected chi connectivity index (χ0v) is 25.7. The van der Waals surface area contributed by atoms with Crippen LogP contribution in [0.2, 0.25) is 0 Å². The summed E-state index contributed by atoms with van der Waals surface area (Å²) in [5.41, 5.74) is 2.99. The lowest BCUT2D eigenvalue weighted by Crippen LogP contribution is -2.39. The second-order valence-corrected chi connectivity index (χ2v) is 10.7. The summed E-state index contributed by atoms with van der Waals surface area (Å²) in [5.74, 6) is -4.52. The van der Waals surface area contributed by atoms with Crippen LogP contribution in [0.5, 0.6) is 0 Å². The maximum atomic E-state index is 13.7. The van der Waals surface area contributed by atoms with Crippen LogP contribution in [0.25, 0.3) is 10.8 Å². The van der Waals surface area contributed by atoms with Gasteiger partial charge in [-0.15, -0.1) is 0 Å². The Labute approximate surface area is 261 Å². The third kappa shape index (κ3) is 6.50. The van der Waals surface area contributed by atoms with Gasteiger partial charge in [0, 0.05) is 17.8 Å². The largest absolute Gasteiger partial charge is 0.463 e. The zero-order chi connectivity index (χ0) is 32.1. The number of esters is 3. The first-order valence-electron chi connectivity index (χ1n) is 14.9. The highest BCUT2D eigenvalue weighted by Crippen LogP contribution is 2.35. The van der Waals surface area contributed by atoms with Crippen LogP contribution < -0.4 is 5.32 Å². The maximum absolute atomic E-state index is 13.7. The molecule has 10 heteroatoms. The lowest BCUT2D eigenvalue weighted by molar-refractivity contribution is -0.156. The first-order valence-corrected chi connectivity index (χ1v) is 14.9. The standard InChI is InChI=1S/C35H35N3O7/c1-5-43-33(40)30-21(3)36-22(4)31(34(41)44-6-2)32(30)35(42)45-20-29(39)38-28(24-13-8-7-9-14-24)19-27(37-38)26-17-16-23-12-10-11-15-25(23)18-26/h7-18,28,32,36H,5-6,19-20H2,1-4H3/t28-/m1/s1. The molecule has 10 nitrogen and oxygen atoms in total. The van der Waals surface area contributed by atoms with Crippen LogP contribution in [-0.4, -0.2) is 54.4 Å². The molecule has 0 unspecified atom stereocenters. The van der Waals surface area contributed by atoms with Crippen LogP contribution in [0.15, 0.2) is 100 Å². The van der Waals surface area contributed by atoms with E-state index in [2.05, 4.69) is 5.32 Å². The fraction of sp³-hybridized carbons (Fsp3) is 0.286. The van der Waals surface area contributed by atoms with Gasteiger partial charge in [-0.1, -0.05) is 66.7 Å². The highest BCUT2D eigenvalue weighted by Gasteiger charge is 2.43. The number of carbonyl (C=O) groups excluding carboxylic acids is 4. The number of hydrogen-bond donors (Lipinski definition) is 1. The summed E-state index contributed by atoms with van der Waals surface area (Å²) in [6.45, 7) is 5.92. The molecule has 2 aliphatic rings. The Balaban J connectivity index is 1.42. The van der Waals surface area contributed by atoms with Crippen molar-refractivity contribution in [3.05, 3.63) is 106 Å². The second-order valence-electron chi connectivity index (χ2n) is 10.7. The number of ether oxygens (including phenoxy) is 3. The van der Waals surface area contributed by atoms with Crippen molar-refractivity contribution < 1.29 is 33.4 Å². The van der Waals surface area contributed by atoms with E-state index in [1.807, 2.05) is 72.8 Å². The average molecular weight is 610 g/mol. The first-order chi connectivity index (χ1) is 21.7. The van der Waals surface area contributed by atoms with E-state index in [1.54, 1.807) is 27.7 Å². The highest BCUT2D eigenvalue weighted by molar-refractivity contribution is 6.07. The summed E-state index contributed by atoms with van der Waals surface area (Å²) in [6.07, 6.45) is 0.459. The van der Waals surface area contributed by atoms with Gasteiger partial charge in [-0.05, 0) is 55.7 Å². The van der Waals surface area contributed by atoms with Crippen molar-refractivity contribution in [3.8, 4) is 0 Å². The molecule has 0 saturated carbocycles. The van der Waals surface area contributed by atoms with Crippen molar-refractivity contribution in [2.24, 2.45) is 11.0 Å². The van der Waals surface area contributed by atoms with Crippen molar-refractivity contribution in [1.29, 1.82) is 0 Å². The number of allylic oxidation sites excluding steroid dienone is 2. The number of nitrogens with one attached hydrogen (secondary N) is 1. The molecule has 0 fully saturated rings. The molecule has 0 spiro atoms. The van der Waals surface area contributed by atoms with Gasteiger partial charge in [-0.3, -0.25) is 9.59 Å². The van der Waals surface area contributed by atoms with E-state index in [-0.39, 0.29) is 24.4 Å². The number of amides is 1. The Bertz CT molecular complexity index is 1700. The molecule has 0 radical (unpaired) electrons. The highest BCUT2D eigenvalue weighted by atomic mass is 16.5. The topological polar surface area (TPSA) is 124 Å². The van der Waals surface area contributed by atoms with Crippen molar-refractivity contribution in [3.63, 3.8) is 0 Å². The summed E-state index contributed by atoms with van der Waals surface area (Å²) in [6, 6.07) is 23.1. The molecule has 1 N–H and O–H groups in total. The monoisotopic (exact) mass is 609 g/mol. The van der Waals surface area contributed by atoms with Gasteiger partial charge in [-0.2, -0.15) is 5.10 Å². The average Bonchev–Trinajstić information content (AvgIpc) is 3.49. The molecule has 0 saturated heterocycles. The third-order valence-corrected chi connectivity index (χ3v) is 7.76. The first kappa shape index (κ1) is 31.2. The number of carbonyl (C=O) groups is 4. The van der Waals surface area contributed by atoms with Crippen molar-refractivity contribution in [2.75, 3.05) is 19.8 Å². The molecule has 232 valence electrons. The summed E-state index contributed by atoms with van der Waals surface area (Å²) < 4.78 is 15.9. The van der Waals surface area contributed by atoms with Gasteiger partial charge in [0.05, 0.1) is 36.1 Å². The minimum atomic E-state index is -1.45. The molecule has 3 aromatic rings. The fourth-order valence-corrected chi connectivity index (χ4v) is 5.69. The number of rotatable bonds is 9. The van der Waals surface area contributed by atoms with Crippen LogP contribution >= 0.6 is 0 Å². The lowest BCUT2D eigenvalue weighted by Gasteiger charge is -2.29. The SMILES string of the molecule is CCOC(=O)C1=C(C)NC(C)=C(C(=O)OCC)C1C(=O)OCC(=O)N1N=C(c2ccc3ccccc3c2)C[C@@H]1c1ccccc1. The lowest BCUT2D eigenvalue weighted by atomic mass is 9.85. The van der Waals surface area contributed by atoms with Crippen LogP contribution in [0.4, 0.5) is 0 Å². The van der Waals surface area contributed by atoms with E-state index in [0.717, 1.165) is 27.6 Å². The summed E-state index contributed by atoms with van der Waals surface area (Å²) in [5, 5.41) is 11.2. The van der Waals surface area contributed by atoms with Gasteiger partial charge in [0.2, 0.25) is 0 Å². The minimum absolute atomic E-state index is 0.0562. The fourth-order valence-electron chi connectivity index (χ4n) is 5.69. The van der Waals surface area contributed by atoms with E-state index in [9.17, 15) is 19.2 Å². The van der Waals surface area contributed by atoms with Crippen molar-refractivity contribution in [2.45, 2.75) is 40.2 Å². The number of nitrogens with zero attached hydrogens (tertiary/aromatic N) is 2. The number of hydrazone groups is 1. The molecule has 2 heterocycles. The van der Waals surface area contributed by atoms with E-state index < -0.39 is 42.4 Å². The Morgan fingerprint density at radius 1 is 0.800 bits per heavy atom. The summed E-state index contributed by atoms with van der Waals surface area (Å²) in [7, 11) is 0. The van der Waals surface area contributed by atoms with Crippen molar-refractivity contribution >= 4 is 40.3 Å². The summed E-state index contributed by atoms with van der Waals surface area (Å²) in [4.78, 5) is 53.3. The third-order valence-electron chi connectivity index (χ3n) is 7.76. The quantitative estimate of drug-likeness (QED) is 0.267. The Kier molecular flexibility index (Phi) is 9.42. The van der Waals surface area contributed by atoms with E-state index >= 15 is 0 Å². The van der Waals surface area contributed by atoms with Gasteiger partial charge in [-0.25, -0.2) is 14.6 Å². The molecule has 2 aliphatic heterocycles. The molecule has 45 heavy (non-hydrogen) atoms. The van der Waals surface area contributed by atoms with Crippen molar-refractivity contribution in [1.82, 2.24) is 10.3 Å². The van der Waals surface area contributed by atoms with Gasteiger partial charge in [0.1, 0.15) is 5.92 Å². The Hall–Kier alpha value is -5.25. The molecule has 0 aliphatic carbocycles. The van der Waals surface area contributed by atoms with Gasteiger partial charge >= 0.3 is 17.9 Å². The molecule has 5 rings (SSSR count). The van der Waals surface area contributed by atoms with Gasteiger partial charge in [0.25, 0.3) is 5.91 Å². The van der Waals surface area contributed by atoms with Gasteiger partial charge in [0.15, 0.2) is 6.61 Å². The molecule has 0 bridgehead atoms. The maximum Gasteiger partial charge on any atom is 0.337 e. The van der Waals surface area contributed by atoms with E-state index in [4.69, 9.17) is 19.3 Å². The van der Waals surface area contributed by atoms with E-state index in [1.165, 1.54) is 5.01 Å². The van der Waals surface area contributed by atoms with E-state index in [0.29, 0.717) is 17.8 Å². The molecule has 0 aromatic heterocycles. The molecule has 1 amide bonds. The number of benzene rings is 3. The molecule has 1 atom stereocenters. The van der Waals surface area contributed by atoms with Crippen LogP contribution in [-0.2, 0) is 33.4 Å². The van der Waals surface area contributed by atoms with Crippen LogP contribution in [0, 0.1) is 5.92 Å². The predicted molar refractivity (Wildman–Crippen MR) is 167 cm³/mol. The predicted octanol–water partition coefficient (Wildman–Crippen LogP) is 4.95. The minimum Gasteiger partial charge on any atom is -0.463 e. The number of fused-ring (bicyclic) bond motifs is 1. The van der Waals surface area contributed by atoms with Gasteiger partial charge < -0.3 is 19.5 Å². The molecular formula is C35H35N3O7. The Morgan fingerprint density at radius 2 is 1.40 bits per heavy atom. The number of dihydropyridines is 1. The smallest absolute Gasteiger partial charge is 0.337 e. The summed E-state index contributed by atoms with van der Waals surface area (Å²) >= 11 is 0. The zero-order valence-electron chi connectivity index (χ0n) is 25.7. The second kappa shape index (κ2) is 13.6. The van der Waals surface area contributed by atoms with Crippen LogP contribution in [0.3, 0.4) is 0 Å². The van der Waals surface area contributed by atoms with Crippen LogP contribution in [0.1, 0.15) is 51.3 Å². The normalized spacial score (nSPS) is 16.8. The number of hydrogen-bond acceptors (Lipinski definition) is 9. The Morgan fingerprint density at radius 3 is 2.02 bits per heavy atom.